The topological polar surface area (TPSA) is 79.6 Å². The van der Waals surface area contributed by atoms with Gasteiger partial charge in [-0.15, -0.1) is 0 Å². The van der Waals surface area contributed by atoms with Crippen molar-refractivity contribution in [2.45, 2.75) is 12.6 Å². The number of carbonyl (C=O) groups excluding carboxylic acids is 1. The first-order valence-electron chi connectivity index (χ1n) is 7.35. The van der Waals surface area contributed by atoms with Gasteiger partial charge in [0, 0.05) is 33.1 Å². The molecule has 2 rings (SSSR count). The maximum absolute atomic E-state index is 12.0. The number of carbonyl (C=O) groups is 1. The predicted molar refractivity (Wildman–Crippen MR) is 86.3 cm³/mol. The fourth-order valence-electron chi connectivity index (χ4n) is 2.14. The van der Waals surface area contributed by atoms with E-state index in [0.29, 0.717) is 6.54 Å². The number of nitrogens with zero attached hydrogens (tertiary/aromatic N) is 3. The number of aliphatic hydroxyl groups is 1. The Labute approximate surface area is 135 Å². The van der Waals surface area contributed by atoms with Crippen molar-refractivity contribution in [3.8, 4) is 5.69 Å². The SMILES string of the molecule is COC[C@H](O)CN(C)C(=O)NCc1ccc(-n2cccn2)cc1. The van der Waals surface area contributed by atoms with E-state index in [-0.39, 0.29) is 19.2 Å². The molecule has 1 atom stereocenters. The number of likely N-dealkylation sites (N-methyl/N-ethyl adjacent to an activating group) is 1. The molecule has 1 aromatic carbocycles. The van der Waals surface area contributed by atoms with Crippen LogP contribution in [-0.2, 0) is 11.3 Å². The number of aliphatic hydroxyl groups excluding tert-OH is 1. The van der Waals surface area contributed by atoms with Crippen LogP contribution in [0.1, 0.15) is 5.56 Å². The number of hydrogen-bond acceptors (Lipinski definition) is 4. The molecule has 0 radical (unpaired) electrons. The lowest BCUT2D eigenvalue weighted by Crippen LogP contribution is -2.42. The van der Waals surface area contributed by atoms with Gasteiger partial charge in [-0.2, -0.15) is 5.10 Å². The van der Waals surface area contributed by atoms with Crippen molar-refractivity contribution in [1.82, 2.24) is 20.0 Å². The van der Waals surface area contributed by atoms with Gasteiger partial charge in [-0.25, -0.2) is 9.48 Å². The summed E-state index contributed by atoms with van der Waals surface area (Å²) in [6.45, 7) is 0.841. The number of nitrogens with one attached hydrogen (secondary N) is 1. The number of benzene rings is 1. The molecule has 0 saturated carbocycles. The van der Waals surface area contributed by atoms with E-state index < -0.39 is 6.10 Å². The first kappa shape index (κ1) is 17.0. The summed E-state index contributed by atoms with van der Waals surface area (Å²) in [6.07, 6.45) is 2.91. The smallest absolute Gasteiger partial charge is 0.317 e. The first-order valence-corrected chi connectivity index (χ1v) is 7.35. The molecule has 0 bridgehead atoms. The first-order chi connectivity index (χ1) is 11.1. The number of hydrogen-bond donors (Lipinski definition) is 2. The van der Waals surface area contributed by atoms with E-state index in [4.69, 9.17) is 4.74 Å². The van der Waals surface area contributed by atoms with Gasteiger partial charge >= 0.3 is 6.03 Å². The van der Waals surface area contributed by atoms with E-state index in [1.54, 1.807) is 17.9 Å². The molecule has 0 aliphatic heterocycles. The van der Waals surface area contributed by atoms with Crippen LogP contribution in [0.5, 0.6) is 0 Å². The fourth-order valence-corrected chi connectivity index (χ4v) is 2.14. The van der Waals surface area contributed by atoms with E-state index in [9.17, 15) is 9.90 Å². The molecular formula is C16H22N4O3. The number of ether oxygens (including phenoxy) is 1. The Morgan fingerprint density at radius 3 is 2.78 bits per heavy atom. The van der Waals surface area contributed by atoms with Crippen molar-refractivity contribution >= 4 is 6.03 Å². The zero-order valence-corrected chi connectivity index (χ0v) is 13.3. The Kier molecular flexibility index (Phi) is 6.13. The van der Waals surface area contributed by atoms with Gasteiger partial charge in [0.05, 0.1) is 24.9 Å². The molecule has 0 aliphatic rings. The summed E-state index contributed by atoms with van der Waals surface area (Å²) in [5.41, 5.74) is 1.95. The van der Waals surface area contributed by atoms with Crippen LogP contribution in [0, 0.1) is 0 Å². The fraction of sp³-hybridized carbons (Fsp3) is 0.375. The van der Waals surface area contributed by atoms with Gasteiger partial charge in [0.15, 0.2) is 0 Å². The highest BCUT2D eigenvalue weighted by Crippen LogP contribution is 2.08. The third-order valence-electron chi connectivity index (χ3n) is 3.34. The maximum atomic E-state index is 12.0. The van der Waals surface area contributed by atoms with Gasteiger partial charge in [0.1, 0.15) is 0 Å². The van der Waals surface area contributed by atoms with Gasteiger partial charge < -0.3 is 20.1 Å². The summed E-state index contributed by atoms with van der Waals surface area (Å²) < 4.78 is 6.61. The Hall–Kier alpha value is -2.38. The van der Waals surface area contributed by atoms with E-state index in [2.05, 4.69) is 10.4 Å². The summed E-state index contributed by atoms with van der Waals surface area (Å²) >= 11 is 0. The highest BCUT2D eigenvalue weighted by molar-refractivity contribution is 5.73. The number of rotatable bonds is 7. The highest BCUT2D eigenvalue weighted by Gasteiger charge is 2.13. The third kappa shape index (κ3) is 5.08. The molecule has 7 heteroatoms. The molecule has 1 aromatic heterocycles. The Bertz CT molecular complexity index is 598. The molecule has 0 fully saturated rings. The summed E-state index contributed by atoms with van der Waals surface area (Å²) in [4.78, 5) is 13.4. The van der Waals surface area contributed by atoms with Gasteiger partial charge in [-0.05, 0) is 23.8 Å². The Morgan fingerprint density at radius 1 is 1.43 bits per heavy atom. The largest absolute Gasteiger partial charge is 0.389 e. The summed E-state index contributed by atoms with van der Waals surface area (Å²) in [5.74, 6) is 0. The van der Waals surface area contributed by atoms with Crippen LogP contribution in [0.3, 0.4) is 0 Å². The lowest BCUT2D eigenvalue weighted by molar-refractivity contribution is 0.0489. The molecule has 0 unspecified atom stereocenters. The molecule has 2 amide bonds. The van der Waals surface area contributed by atoms with Crippen molar-refractivity contribution in [3.05, 3.63) is 48.3 Å². The van der Waals surface area contributed by atoms with Crippen molar-refractivity contribution in [3.63, 3.8) is 0 Å². The van der Waals surface area contributed by atoms with E-state index in [1.807, 2.05) is 36.5 Å². The number of amides is 2. The zero-order valence-electron chi connectivity index (χ0n) is 13.3. The van der Waals surface area contributed by atoms with Gasteiger partial charge in [-0.1, -0.05) is 12.1 Å². The summed E-state index contributed by atoms with van der Waals surface area (Å²) in [5, 5.41) is 16.6. The molecule has 0 saturated heterocycles. The summed E-state index contributed by atoms with van der Waals surface area (Å²) in [7, 11) is 3.14. The average molecular weight is 318 g/mol. The van der Waals surface area contributed by atoms with Crippen molar-refractivity contribution < 1.29 is 14.6 Å². The van der Waals surface area contributed by atoms with Crippen LogP contribution in [-0.4, -0.2) is 59.2 Å². The second-order valence-electron chi connectivity index (χ2n) is 5.27. The molecule has 2 N–H and O–H groups in total. The zero-order chi connectivity index (χ0) is 16.7. The van der Waals surface area contributed by atoms with Gasteiger partial charge in [0.25, 0.3) is 0 Å². The summed E-state index contributed by atoms with van der Waals surface area (Å²) in [6, 6.07) is 9.40. The molecule has 0 aliphatic carbocycles. The quantitative estimate of drug-likeness (QED) is 0.799. The molecule has 1 heterocycles. The highest BCUT2D eigenvalue weighted by atomic mass is 16.5. The predicted octanol–water partition coefficient (Wildman–Crippen LogP) is 1.02. The molecular weight excluding hydrogens is 296 g/mol. The van der Waals surface area contributed by atoms with Gasteiger partial charge in [-0.3, -0.25) is 0 Å². The minimum Gasteiger partial charge on any atom is -0.389 e. The monoisotopic (exact) mass is 318 g/mol. The molecule has 7 nitrogen and oxygen atoms in total. The third-order valence-corrected chi connectivity index (χ3v) is 3.34. The normalized spacial score (nSPS) is 12.0. The minimum absolute atomic E-state index is 0.201. The lowest BCUT2D eigenvalue weighted by atomic mass is 10.2. The Balaban J connectivity index is 1.82. The second kappa shape index (κ2) is 8.30. The molecule has 23 heavy (non-hydrogen) atoms. The van der Waals surface area contributed by atoms with E-state index in [1.165, 1.54) is 12.0 Å². The lowest BCUT2D eigenvalue weighted by Gasteiger charge is -2.21. The van der Waals surface area contributed by atoms with Crippen LogP contribution in [0.15, 0.2) is 42.7 Å². The van der Waals surface area contributed by atoms with E-state index >= 15 is 0 Å². The number of methoxy groups -OCH3 is 1. The van der Waals surface area contributed by atoms with Crippen molar-refractivity contribution in [2.75, 3.05) is 27.3 Å². The van der Waals surface area contributed by atoms with E-state index in [0.717, 1.165) is 11.3 Å². The van der Waals surface area contributed by atoms with Crippen LogP contribution in [0.25, 0.3) is 5.69 Å². The van der Waals surface area contributed by atoms with Crippen molar-refractivity contribution in [2.24, 2.45) is 0 Å². The van der Waals surface area contributed by atoms with Crippen molar-refractivity contribution in [1.29, 1.82) is 0 Å². The molecule has 124 valence electrons. The van der Waals surface area contributed by atoms with Crippen LogP contribution < -0.4 is 5.32 Å². The van der Waals surface area contributed by atoms with Crippen LogP contribution in [0.4, 0.5) is 4.79 Å². The maximum Gasteiger partial charge on any atom is 0.317 e. The standard InChI is InChI=1S/C16H22N4O3/c1-19(11-15(21)12-23-2)16(22)17-10-13-4-6-14(7-5-13)20-9-3-8-18-20/h3-9,15,21H,10-12H2,1-2H3,(H,17,22)/t15-/m1/s1. The molecule has 2 aromatic rings. The van der Waals surface area contributed by atoms with Crippen LogP contribution >= 0.6 is 0 Å². The van der Waals surface area contributed by atoms with Crippen LogP contribution in [0.2, 0.25) is 0 Å². The molecule has 0 spiro atoms. The average Bonchev–Trinajstić information content (AvgIpc) is 3.07. The Morgan fingerprint density at radius 2 is 2.17 bits per heavy atom. The minimum atomic E-state index is -0.691. The van der Waals surface area contributed by atoms with Gasteiger partial charge in [0.2, 0.25) is 0 Å². The number of urea groups is 1. The second-order valence-corrected chi connectivity index (χ2v) is 5.27. The number of aromatic nitrogens is 2.